The van der Waals surface area contributed by atoms with Crippen molar-refractivity contribution in [1.82, 2.24) is 0 Å². The van der Waals surface area contributed by atoms with E-state index in [-0.39, 0.29) is 28.6 Å². The van der Waals surface area contributed by atoms with Gasteiger partial charge in [-0.15, -0.1) is 0 Å². The highest BCUT2D eigenvalue weighted by Gasteiger charge is 2.31. The predicted molar refractivity (Wildman–Crippen MR) is 79.5 cm³/mol. The molecule has 1 fully saturated rings. The predicted octanol–water partition coefficient (Wildman–Crippen LogP) is 2.71. The molecule has 122 valence electrons. The molecule has 2 aromatic rings. The van der Waals surface area contributed by atoms with E-state index < -0.39 is 21.9 Å². The van der Waals surface area contributed by atoms with Gasteiger partial charge in [-0.3, -0.25) is 0 Å². The van der Waals surface area contributed by atoms with E-state index in [9.17, 15) is 12.8 Å². The van der Waals surface area contributed by atoms with Crippen molar-refractivity contribution in [2.24, 2.45) is 0 Å². The van der Waals surface area contributed by atoms with E-state index in [4.69, 9.17) is 14.2 Å². The van der Waals surface area contributed by atoms with Gasteiger partial charge in [0, 0.05) is 0 Å². The fourth-order valence-corrected chi connectivity index (χ4v) is 3.92. The molecule has 23 heavy (non-hydrogen) atoms. The highest BCUT2D eigenvalue weighted by molar-refractivity contribution is 7.91. The Morgan fingerprint density at radius 3 is 2.52 bits per heavy atom. The summed E-state index contributed by atoms with van der Waals surface area (Å²) in [5.41, 5.74) is -0.104. The van der Waals surface area contributed by atoms with Gasteiger partial charge in [-0.25, -0.2) is 12.8 Å². The Morgan fingerprint density at radius 1 is 1.13 bits per heavy atom. The van der Waals surface area contributed by atoms with Crippen LogP contribution in [0.4, 0.5) is 4.39 Å². The lowest BCUT2D eigenvalue weighted by atomic mass is 10.2. The fraction of sp³-hybridized carbons (Fsp3) is 0.250. The van der Waals surface area contributed by atoms with Crippen LogP contribution in [0.15, 0.2) is 52.3 Å². The Balaban J connectivity index is 2.15. The van der Waals surface area contributed by atoms with Crippen LogP contribution in [-0.4, -0.2) is 28.7 Å². The Morgan fingerprint density at radius 2 is 1.83 bits per heavy atom. The maximum atomic E-state index is 14.2. The largest absolute Gasteiger partial charge is 0.497 e. The van der Waals surface area contributed by atoms with Crippen LogP contribution in [-0.2, 0) is 19.3 Å². The summed E-state index contributed by atoms with van der Waals surface area (Å²) in [6.07, 6.45) is -1.02. The number of ether oxygens (including phenoxy) is 3. The third kappa shape index (κ3) is 2.95. The Labute approximate surface area is 133 Å². The molecule has 7 heteroatoms. The Bertz CT molecular complexity index is 813. The van der Waals surface area contributed by atoms with E-state index in [0.29, 0.717) is 5.75 Å². The molecule has 0 aliphatic carbocycles. The van der Waals surface area contributed by atoms with Gasteiger partial charge in [-0.1, -0.05) is 12.1 Å². The monoisotopic (exact) mass is 338 g/mol. The molecule has 1 aliphatic heterocycles. The van der Waals surface area contributed by atoms with Gasteiger partial charge in [-0.05, 0) is 30.3 Å². The lowest BCUT2D eigenvalue weighted by molar-refractivity contribution is -0.0486. The minimum absolute atomic E-state index is 0.0155. The smallest absolute Gasteiger partial charge is 0.207 e. The van der Waals surface area contributed by atoms with E-state index in [0.717, 1.165) is 0 Å². The summed E-state index contributed by atoms with van der Waals surface area (Å²) in [7, 11) is -2.50. The Kier molecular flexibility index (Phi) is 4.34. The summed E-state index contributed by atoms with van der Waals surface area (Å²) >= 11 is 0. The SMILES string of the molecule is COc1cccc(S(=O)(=O)c2cccc(F)c2C2OCCO2)c1. The van der Waals surface area contributed by atoms with E-state index in [1.165, 1.54) is 37.4 Å². The average molecular weight is 338 g/mol. The summed E-state index contributed by atoms with van der Waals surface area (Å²) in [5, 5.41) is 0. The second-order valence-corrected chi connectivity index (χ2v) is 6.83. The van der Waals surface area contributed by atoms with Crippen molar-refractivity contribution in [3.05, 3.63) is 53.8 Å². The average Bonchev–Trinajstić information content (AvgIpc) is 3.08. The third-order valence-corrected chi connectivity index (χ3v) is 5.32. The topological polar surface area (TPSA) is 61.8 Å². The van der Waals surface area contributed by atoms with Crippen molar-refractivity contribution in [3.8, 4) is 5.75 Å². The summed E-state index contributed by atoms with van der Waals surface area (Å²) in [5.74, 6) is -0.279. The number of methoxy groups -OCH3 is 1. The van der Waals surface area contributed by atoms with Gasteiger partial charge in [0.25, 0.3) is 0 Å². The van der Waals surface area contributed by atoms with Crippen molar-refractivity contribution in [1.29, 1.82) is 0 Å². The standard InChI is InChI=1S/C16H15FO5S/c1-20-11-4-2-5-12(10-11)23(18,19)14-7-3-6-13(17)15(14)16-21-8-9-22-16/h2-7,10,16H,8-9H2,1H3. The maximum Gasteiger partial charge on any atom is 0.207 e. The van der Waals surface area contributed by atoms with E-state index in [1.807, 2.05) is 0 Å². The first-order chi connectivity index (χ1) is 11.0. The molecule has 1 saturated heterocycles. The van der Waals surface area contributed by atoms with Gasteiger partial charge < -0.3 is 14.2 Å². The van der Waals surface area contributed by atoms with Gasteiger partial charge >= 0.3 is 0 Å². The van der Waals surface area contributed by atoms with Crippen LogP contribution in [0.3, 0.4) is 0 Å². The number of halogens is 1. The minimum Gasteiger partial charge on any atom is -0.497 e. The van der Waals surface area contributed by atoms with Gasteiger partial charge in [-0.2, -0.15) is 0 Å². The zero-order valence-electron chi connectivity index (χ0n) is 12.4. The number of hydrogen-bond acceptors (Lipinski definition) is 5. The van der Waals surface area contributed by atoms with Crippen molar-refractivity contribution in [2.75, 3.05) is 20.3 Å². The summed E-state index contributed by atoms with van der Waals surface area (Å²) in [4.78, 5) is -0.153. The summed E-state index contributed by atoms with van der Waals surface area (Å²) in [6, 6.07) is 9.90. The zero-order valence-corrected chi connectivity index (χ0v) is 13.2. The van der Waals surface area contributed by atoms with Crippen molar-refractivity contribution in [2.45, 2.75) is 16.1 Å². The van der Waals surface area contributed by atoms with E-state index in [1.54, 1.807) is 12.1 Å². The molecule has 1 heterocycles. The van der Waals surface area contributed by atoms with Crippen LogP contribution < -0.4 is 4.74 Å². The number of hydrogen-bond donors (Lipinski definition) is 0. The minimum atomic E-state index is -3.94. The molecule has 0 unspecified atom stereocenters. The summed E-state index contributed by atoms with van der Waals surface area (Å²) in [6.45, 7) is 0.579. The third-order valence-electron chi connectivity index (χ3n) is 3.51. The van der Waals surface area contributed by atoms with E-state index in [2.05, 4.69) is 0 Å². The van der Waals surface area contributed by atoms with Crippen LogP contribution in [0, 0.1) is 5.82 Å². The molecule has 0 bridgehead atoms. The van der Waals surface area contributed by atoms with Crippen LogP contribution in [0.5, 0.6) is 5.75 Å². The molecule has 3 rings (SSSR count). The molecule has 0 saturated carbocycles. The number of sulfone groups is 1. The normalized spacial score (nSPS) is 15.7. The van der Waals surface area contributed by atoms with Gasteiger partial charge in [0.1, 0.15) is 11.6 Å². The Hall–Kier alpha value is -1.96. The maximum absolute atomic E-state index is 14.2. The second kappa shape index (κ2) is 6.27. The quantitative estimate of drug-likeness (QED) is 0.858. The van der Waals surface area contributed by atoms with Crippen LogP contribution in [0.2, 0.25) is 0 Å². The van der Waals surface area contributed by atoms with Crippen LogP contribution in [0.25, 0.3) is 0 Å². The number of rotatable bonds is 4. The molecule has 0 N–H and O–H groups in total. The molecule has 0 amide bonds. The van der Waals surface area contributed by atoms with Gasteiger partial charge in [0.15, 0.2) is 6.29 Å². The second-order valence-electron chi connectivity index (χ2n) is 4.91. The molecule has 0 atom stereocenters. The van der Waals surface area contributed by atoms with Crippen LogP contribution in [0.1, 0.15) is 11.9 Å². The van der Waals surface area contributed by atoms with Crippen molar-refractivity contribution < 1.29 is 27.0 Å². The molecule has 5 nitrogen and oxygen atoms in total. The molecular weight excluding hydrogens is 323 g/mol. The lowest BCUT2D eigenvalue weighted by Gasteiger charge is -2.16. The molecule has 0 aromatic heterocycles. The van der Waals surface area contributed by atoms with Crippen molar-refractivity contribution >= 4 is 9.84 Å². The van der Waals surface area contributed by atoms with Gasteiger partial charge in [0.05, 0.1) is 35.7 Å². The highest BCUT2D eigenvalue weighted by atomic mass is 32.2. The highest BCUT2D eigenvalue weighted by Crippen LogP contribution is 2.34. The molecule has 1 aliphatic rings. The number of benzene rings is 2. The molecular formula is C16H15FO5S. The molecule has 0 radical (unpaired) electrons. The fourth-order valence-electron chi connectivity index (χ4n) is 2.40. The molecule has 0 spiro atoms. The summed E-state index contributed by atoms with van der Waals surface area (Å²) < 4.78 is 55.7. The van der Waals surface area contributed by atoms with E-state index >= 15 is 0 Å². The van der Waals surface area contributed by atoms with Crippen LogP contribution >= 0.6 is 0 Å². The van der Waals surface area contributed by atoms with Gasteiger partial charge in [0.2, 0.25) is 9.84 Å². The lowest BCUT2D eigenvalue weighted by Crippen LogP contribution is -2.11. The first-order valence-electron chi connectivity index (χ1n) is 6.95. The first kappa shape index (κ1) is 15.9. The first-order valence-corrected chi connectivity index (χ1v) is 8.43. The zero-order chi connectivity index (χ0) is 16.4. The van der Waals surface area contributed by atoms with Crippen molar-refractivity contribution in [3.63, 3.8) is 0 Å². The molecule has 2 aromatic carbocycles.